The minimum atomic E-state index is -4.77. The minimum Gasteiger partial charge on any atom is -0.381 e. The van der Waals surface area contributed by atoms with Gasteiger partial charge in [0.1, 0.15) is 5.82 Å². The third-order valence-corrected chi connectivity index (χ3v) is 2.78. The average molecular weight is 288 g/mol. The maximum atomic E-state index is 13.2. The highest BCUT2D eigenvalue weighted by Crippen LogP contribution is 2.32. The van der Waals surface area contributed by atoms with Crippen molar-refractivity contribution in [1.29, 1.82) is 0 Å². The van der Waals surface area contributed by atoms with Crippen molar-refractivity contribution < 1.29 is 17.6 Å². The van der Waals surface area contributed by atoms with Gasteiger partial charge in [0.05, 0.1) is 16.9 Å². The number of benzene rings is 1. The van der Waals surface area contributed by atoms with Crippen LogP contribution >= 0.6 is 0 Å². The number of halogens is 4. The van der Waals surface area contributed by atoms with Crippen LogP contribution in [0.25, 0.3) is 5.69 Å². The van der Waals surface area contributed by atoms with Gasteiger partial charge in [-0.25, -0.2) is 9.07 Å². The number of anilines is 1. The van der Waals surface area contributed by atoms with E-state index in [1.165, 1.54) is 10.7 Å². The van der Waals surface area contributed by atoms with Crippen molar-refractivity contribution in [2.45, 2.75) is 25.9 Å². The quantitative estimate of drug-likeness (QED) is 0.883. The first-order valence-corrected chi connectivity index (χ1v) is 5.91. The number of nitrogens with two attached hydrogens (primary N) is 1. The summed E-state index contributed by atoms with van der Waals surface area (Å²) in [5.74, 6) is -1.17. The summed E-state index contributed by atoms with van der Waals surface area (Å²) in [5.41, 5.74) is 4.87. The fourth-order valence-electron chi connectivity index (χ4n) is 1.85. The second kappa shape index (κ2) is 5.10. The van der Waals surface area contributed by atoms with E-state index in [4.69, 9.17) is 5.73 Å². The first-order valence-electron chi connectivity index (χ1n) is 5.91. The summed E-state index contributed by atoms with van der Waals surface area (Å²) in [6.45, 7) is 1.89. The lowest BCUT2D eigenvalue weighted by Gasteiger charge is -2.11. The molecule has 0 saturated heterocycles. The Hall–Kier alpha value is -2.12. The Bertz CT molecular complexity index is 618. The van der Waals surface area contributed by atoms with Gasteiger partial charge in [-0.3, -0.25) is 0 Å². The molecule has 0 spiro atoms. The van der Waals surface area contributed by atoms with E-state index < -0.39 is 17.6 Å². The molecule has 1 aromatic heterocycles. The van der Waals surface area contributed by atoms with E-state index in [-0.39, 0.29) is 11.5 Å². The Morgan fingerprint density at radius 2 is 2.00 bits per heavy atom. The molecule has 0 aliphatic heterocycles. The van der Waals surface area contributed by atoms with E-state index in [9.17, 15) is 17.6 Å². The fourth-order valence-corrected chi connectivity index (χ4v) is 1.85. The largest absolute Gasteiger partial charge is 0.419 e. The average Bonchev–Trinajstić information content (AvgIpc) is 2.71. The molecule has 0 saturated carbocycles. The van der Waals surface area contributed by atoms with Crippen molar-refractivity contribution in [3.8, 4) is 5.69 Å². The van der Waals surface area contributed by atoms with Crippen molar-refractivity contribution in [2.24, 2.45) is 0 Å². The monoisotopic (exact) mass is 288 g/mol. The third-order valence-electron chi connectivity index (χ3n) is 2.78. The molecule has 1 aromatic carbocycles. The molecule has 4 nitrogen and oxygen atoms in total. The van der Waals surface area contributed by atoms with Gasteiger partial charge in [-0.05, 0) is 24.6 Å². The van der Waals surface area contributed by atoms with Crippen molar-refractivity contribution in [1.82, 2.24) is 15.0 Å². The summed E-state index contributed by atoms with van der Waals surface area (Å²) in [6.07, 6.45) is -3.53. The number of alkyl halides is 3. The van der Waals surface area contributed by atoms with Crippen LogP contribution in [0.3, 0.4) is 0 Å². The van der Waals surface area contributed by atoms with E-state index in [1.807, 2.05) is 6.92 Å². The van der Waals surface area contributed by atoms with Gasteiger partial charge in [0.2, 0.25) is 0 Å². The number of hydrogen-bond acceptors (Lipinski definition) is 3. The summed E-state index contributed by atoms with van der Waals surface area (Å²) < 4.78 is 52.5. The smallest absolute Gasteiger partial charge is 0.381 e. The summed E-state index contributed by atoms with van der Waals surface area (Å²) in [6, 6.07) is 2.66. The summed E-state index contributed by atoms with van der Waals surface area (Å²) >= 11 is 0. The fraction of sp³-hybridized carbons (Fsp3) is 0.333. The summed E-state index contributed by atoms with van der Waals surface area (Å²) in [7, 11) is 0. The SMILES string of the molecule is CCCc1c(N)nnn1-c1ccc(F)c(C(F)(F)F)c1. The van der Waals surface area contributed by atoms with Gasteiger partial charge in [-0.15, -0.1) is 5.10 Å². The highest BCUT2D eigenvalue weighted by atomic mass is 19.4. The molecule has 108 valence electrons. The Labute approximate surface area is 112 Å². The third kappa shape index (κ3) is 2.59. The molecule has 0 radical (unpaired) electrons. The minimum absolute atomic E-state index is 0.0753. The van der Waals surface area contributed by atoms with Gasteiger partial charge in [-0.2, -0.15) is 13.2 Å². The van der Waals surface area contributed by atoms with Crippen LogP contribution < -0.4 is 5.73 Å². The van der Waals surface area contributed by atoms with Gasteiger partial charge < -0.3 is 5.73 Å². The molecule has 2 rings (SSSR count). The topological polar surface area (TPSA) is 56.7 Å². The Morgan fingerprint density at radius 1 is 1.30 bits per heavy atom. The first kappa shape index (κ1) is 14.3. The number of rotatable bonds is 3. The standard InChI is InChI=1S/C12H12F4N4/c1-2-3-10-11(17)18-19-20(10)7-4-5-9(13)8(6-7)12(14,15)16/h4-6H,2-3,17H2,1H3. The van der Waals surface area contributed by atoms with Gasteiger partial charge >= 0.3 is 6.18 Å². The number of aromatic nitrogens is 3. The second-order valence-electron chi connectivity index (χ2n) is 4.25. The lowest BCUT2D eigenvalue weighted by Crippen LogP contribution is -2.11. The van der Waals surface area contributed by atoms with Crippen molar-refractivity contribution in [3.63, 3.8) is 0 Å². The summed E-state index contributed by atoms with van der Waals surface area (Å²) in [4.78, 5) is 0. The van der Waals surface area contributed by atoms with Crippen LogP contribution in [0.5, 0.6) is 0 Å². The zero-order valence-electron chi connectivity index (χ0n) is 10.6. The number of hydrogen-bond donors (Lipinski definition) is 1. The molecule has 8 heteroatoms. The molecular weight excluding hydrogens is 276 g/mol. The predicted octanol–water partition coefficient (Wildman–Crippen LogP) is 2.96. The van der Waals surface area contributed by atoms with Gasteiger partial charge in [0.15, 0.2) is 5.82 Å². The molecule has 0 atom stereocenters. The maximum Gasteiger partial charge on any atom is 0.419 e. The van der Waals surface area contributed by atoms with Crippen LogP contribution in [0.4, 0.5) is 23.4 Å². The number of nitrogens with zero attached hydrogens (tertiary/aromatic N) is 3. The Morgan fingerprint density at radius 3 is 2.60 bits per heavy atom. The molecule has 0 aliphatic carbocycles. The molecule has 0 fully saturated rings. The molecule has 20 heavy (non-hydrogen) atoms. The molecule has 2 N–H and O–H groups in total. The lowest BCUT2D eigenvalue weighted by atomic mass is 10.1. The second-order valence-corrected chi connectivity index (χ2v) is 4.25. The van der Waals surface area contributed by atoms with E-state index >= 15 is 0 Å². The molecule has 0 aliphatic rings. The predicted molar refractivity (Wildman–Crippen MR) is 64.7 cm³/mol. The molecule has 0 amide bonds. The molecule has 0 unspecified atom stereocenters. The number of nitrogen functional groups attached to an aromatic ring is 1. The van der Waals surface area contributed by atoms with E-state index in [2.05, 4.69) is 10.3 Å². The van der Waals surface area contributed by atoms with Crippen LogP contribution in [-0.4, -0.2) is 15.0 Å². The lowest BCUT2D eigenvalue weighted by molar-refractivity contribution is -0.140. The van der Waals surface area contributed by atoms with Crippen LogP contribution in [0.2, 0.25) is 0 Å². The first-order chi connectivity index (χ1) is 9.34. The van der Waals surface area contributed by atoms with Gasteiger partial charge in [0, 0.05) is 0 Å². The van der Waals surface area contributed by atoms with Crippen molar-refractivity contribution >= 4 is 5.82 Å². The van der Waals surface area contributed by atoms with E-state index in [1.54, 1.807) is 0 Å². The van der Waals surface area contributed by atoms with Crippen LogP contribution in [0.15, 0.2) is 18.2 Å². The van der Waals surface area contributed by atoms with Crippen LogP contribution in [-0.2, 0) is 12.6 Å². The van der Waals surface area contributed by atoms with Gasteiger partial charge in [-0.1, -0.05) is 18.6 Å². The Balaban J connectivity index is 2.54. The van der Waals surface area contributed by atoms with Crippen molar-refractivity contribution in [2.75, 3.05) is 5.73 Å². The van der Waals surface area contributed by atoms with Crippen LogP contribution in [0.1, 0.15) is 24.6 Å². The highest BCUT2D eigenvalue weighted by Gasteiger charge is 2.34. The van der Waals surface area contributed by atoms with Crippen LogP contribution in [0, 0.1) is 5.82 Å². The Kier molecular flexibility index (Phi) is 3.65. The zero-order valence-corrected chi connectivity index (χ0v) is 10.6. The summed E-state index contributed by atoms with van der Waals surface area (Å²) in [5, 5.41) is 7.35. The maximum absolute atomic E-state index is 13.2. The van der Waals surface area contributed by atoms with Gasteiger partial charge in [0.25, 0.3) is 0 Å². The highest BCUT2D eigenvalue weighted by molar-refractivity contribution is 5.43. The van der Waals surface area contributed by atoms with E-state index in [0.717, 1.165) is 12.5 Å². The molecule has 1 heterocycles. The van der Waals surface area contributed by atoms with Crippen molar-refractivity contribution in [3.05, 3.63) is 35.3 Å². The molecule has 2 aromatic rings. The molecular formula is C12H12F4N4. The zero-order chi connectivity index (χ0) is 14.9. The normalized spacial score (nSPS) is 11.8. The van der Waals surface area contributed by atoms with E-state index in [0.29, 0.717) is 18.2 Å². The molecule has 0 bridgehead atoms.